The van der Waals surface area contributed by atoms with Crippen molar-refractivity contribution in [1.29, 1.82) is 0 Å². The van der Waals surface area contributed by atoms with Crippen molar-refractivity contribution < 1.29 is 14.3 Å². The zero-order chi connectivity index (χ0) is 19.9. The summed E-state index contributed by atoms with van der Waals surface area (Å²) in [5.74, 6) is 1.36. The second kappa shape index (κ2) is 9.28. The standard InChI is InChI=1S/C20H24ClN3O3/c1-20(2,3)15-4-7-17(8-5-15)26-10-11-27-18-9-6-16(21)12-14(18)13-23-24-19(22)25/h4-9,12-13H,10-11H2,1-3H3,(H3,22,24,25)/b23-13+. The van der Waals surface area contributed by atoms with E-state index in [0.29, 0.717) is 29.5 Å². The second-order valence-electron chi connectivity index (χ2n) is 6.89. The number of hydrazone groups is 1. The molecule has 0 aliphatic carbocycles. The van der Waals surface area contributed by atoms with Crippen LogP contribution in [0.25, 0.3) is 0 Å². The van der Waals surface area contributed by atoms with E-state index in [1.807, 2.05) is 12.1 Å². The Morgan fingerprint density at radius 2 is 1.81 bits per heavy atom. The van der Waals surface area contributed by atoms with Crippen LogP contribution in [0.2, 0.25) is 5.02 Å². The zero-order valence-electron chi connectivity index (χ0n) is 15.7. The molecule has 6 nitrogen and oxygen atoms in total. The van der Waals surface area contributed by atoms with Crippen molar-refractivity contribution in [2.24, 2.45) is 10.8 Å². The predicted octanol–water partition coefficient (Wildman–Crippen LogP) is 4.10. The third kappa shape index (κ3) is 6.83. The molecule has 0 fully saturated rings. The van der Waals surface area contributed by atoms with E-state index in [2.05, 4.69) is 43.4 Å². The second-order valence-corrected chi connectivity index (χ2v) is 7.32. The summed E-state index contributed by atoms with van der Waals surface area (Å²) in [4.78, 5) is 10.7. The first-order valence-electron chi connectivity index (χ1n) is 8.50. The third-order valence-electron chi connectivity index (χ3n) is 3.68. The van der Waals surface area contributed by atoms with Gasteiger partial charge in [-0.2, -0.15) is 5.10 Å². The summed E-state index contributed by atoms with van der Waals surface area (Å²) in [5.41, 5.74) is 9.08. The number of benzene rings is 2. The molecule has 0 aliphatic rings. The van der Waals surface area contributed by atoms with Crippen LogP contribution in [-0.2, 0) is 5.41 Å². The fraction of sp³-hybridized carbons (Fsp3) is 0.300. The maximum absolute atomic E-state index is 10.7. The lowest BCUT2D eigenvalue weighted by atomic mass is 9.87. The summed E-state index contributed by atoms with van der Waals surface area (Å²) in [6.07, 6.45) is 1.41. The maximum atomic E-state index is 10.7. The van der Waals surface area contributed by atoms with Crippen LogP contribution in [0.4, 0.5) is 4.79 Å². The van der Waals surface area contributed by atoms with Gasteiger partial charge in [0.1, 0.15) is 24.7 Å². The van der Waals surface area contributed by atoms with Crippen LogP contribution < -0.4 is 20.6 Å². The van der Waals surface area contributed by atoms with Crippen LogP contribution in [0.5, 0.6) is 11.5 Å². The Hall–Kier alpha value is -2.73. The molecule has 0 atom stereocenters. The molecule has 3 N–H and O–H groups in total. The monoisotopic (exact) mass is 389 g/mol. The van der Waals surface area contributed by atoms with E-state index in [1.54, 1.807) is 18.2 Å². The summed E-state index contributed by atoms with van der Waals surface area (Å²) >= 11 is 5.99. The lowest BCUT2D eigenvalue weighted by molar-refractivity contribution is 0.217. The number of carbonyl (C=O) groups excluding carboxylic acids is 1. The molecule has 0 spiro atoms. The van der Waals surface area contributed by atoms with Crippen LogP contribution in [-0.4, -0.2) is 25.5 Å². The van der Waals surface area contributed by atoms with Gasteiger partial charge in [-0.3, -0.25) is 0 Å². The quantitative estimate of drug-likeness (QED) is 0.424. The topological polar surface area (TPSA) is 85.9 Å². The zero-order valence-corrected chi connectivity index (χ0v) is 16.4. The van der Waals surface area contributed by atoms with Gasteiger partial charge in [0.05, 0.1) is 6.21 Å². The van der Waals surface area contributed by atoms with Crippen molar-refractivity contribution in [3.8, 4) is 11.5 Å². The summed E-state index contributed by atoms with van der Waals surface area (Å²) in [6.45, 7) is 7.23. The minimum absolute atomic E-state index is 0.109. The summed E-state index contributed by atoms with van der Waals surface area (Å²) < 4.78 is 11.4. The van der Waals surface area contributed by atoms with Gasteiger partial charge in [-0.15, -0.1) is 0 Å². The van der Waals surface area contributed by atoms with Crippen molar-refractivity contribution in [2.75, 3.05) is 13.2 Å². The predicted molar refractivity (Wildman–Crippen MR) is 108 cm³/mol. The van der Waals surface area contributed by atoms with Gasteiger partial charge in [-0.1, -0.05) is 44.5 Å². The van der Waals surface area contributed by atoms with Gasteiger partial charge in [-0.25, -0.2) is 10.2 Å². The molecule has 2 rings (SSSR count). The van der Waals surface area contributed by atoms with Crippen LogP contribution in [0.3, 0.4) is 0 Å². The number of hydrogen-bond donors (Lipinski definition) is 2. The van der Waals surface area contributed by atoms with E-state index in [4.69, 9.17) is 26.8 Å². The first-order chi connectivity index (χ1) is 12.8. The Morgan fingerprint density at radius 1 is 1.15 bits per heavy atom. The number of urea groups is 1. The number of halogens is 1. The Balaban J connectivity index is 1.89. The van der Waals surface area contributed by atoms with E-state index in [0.717, 1.165) is 5.75 Å². The molecule has 0 unspecified atom stereocenters. The smallest absolute Gasteiger partial charge is 0.332 e. The molecule has 0 heterocycles. The van der Waals surface area contributed by atoms with Gasteiger partial charge < -0.3 is 15.2 Å². The average Bonchev–Trinajstić information content (AvgIpc) is 2.59. The number of amides is 2. The number of ether oxygens (including phenoxy) is 2. The molecule has 0 aliphatic heterocycles. The van der Waals surface area contributed by atoms with E-state index < -0.39 is 6.03 Å². The molecule has 0 saturated heterocycles. The minimum Gasteiger partial charge on any atom is -0.490 e. The fourth-order valence-electron chi connectivity index (χ4n) is 2.28. The number of rotatable bonds is 7. The molecule has 2 aromatic rings. The number of carbonyl (C=O) groups is 1. The highest BCUT2D eigenvalue weighted by Gasteiger charge is 2.13. The molecular weight excluding hydrogens is 366 g/mol. The molecule has 0 bridgehead atoms. The Kier molecular flexibility index (Phi) is 7.07. The molecule has 144 valence electrons. The normalized spacial score (nSPS) is 11.4. The molecule has 27 heavy (non-hydrogen) atoms. The molecule has 7 heteroatoms. The largest absolute Gasteiger partial charge is 0.490 e. The minimum atomic E-state index is -0.748. The molecule has 0 radical (unpaired) electrons. The van der Waals surface area contributed by atoms with Crippen LogP contribution >= 0.6 is 11.6 Å². The highest BCUT2D eigenvalue weighted by atomic mass is 35.5. The lowest BCUT2D eigenvalue weighted by Crippen LogP contribution is -2.24. The van der Waals surface area contributed by atoms with Crippen LogP contribution in [0, 0.1) is 0 Å². The Labute approximate surface area is 164 Å². The van der Waals surface area contributed by atoms with E-state index in [1.165, 1.54) is 11.8 Å². The molecule has 2 amide bonds. The third-order valence-corrected chi connectivity index (χ3v) is 3.92. The number of nitrogens with two attached hydrogens (primary N) is 1. The van der Waals surface area contributed by atoms with Gasteiger partial charge in [0.15, 0.2) is 0 Å². The number of nitrogens with zero attached hydrogens (tertiary/aromatic N) is 1. The van der Waals surface area contributed by atoms with Crippen molar-refractivity contribution in [3.63, 3.8) is 0 Å². The van der Waals surface area contributed by atoms with Crippen molar-refractivity contribution in [2.45, 2.75) is 26.2 Å². The Bertz CT molecular complexity index is 799. The summed E-state index contributed by atoms with van der Waals surface area (Å²) in [5, 5.41) is 4.25. The van der Waals surface area contributed by atoms with E-state index in [9.17, 15) is 4.79 Å². The van der Waals surface area contributed by atoms with Gasteiger partial charge in [0, 0.05) is 10.6 Å². The van der Waals surface area contributed by atoms with Crippen molar-refractivity contribution in [3.05, 3.63) is 58.6 Å². The van der Waals surface area contributed by atoms with Gasteiger partial charge >= 0.3 is 6.03 Å². The van der Waals surface area contributed by atoms with E-state index >= 15 is 0 Å². The fourth-order valence-corrected chi connectivity index (χ4v) is 2.46. The average molecular weight is 390 g/mol. The summed E-state index contributed by atoms with van der Waals surface area (Å²) in [7, 11) is 0. The molecule has 2 aromatic carbocycles. The van der Waals surface area contributed by atoms with Crippen LogP contribution in [0.15, 0.2) is 47.6 Å². The number of hydrogen-bond acceptors (Lipinski definition) is 4. The van der Waals surface area contributed by atoms with Crippen molar-refractivity contribution >= 4 is 23.8 Å². The first-order valence-corrected chi connectivity index (χ1v) is 8.88. The van der Waals surface area contributed by atoms with E-state index in [-0.39, 0.29) is 5.41 Å². The molecular formula is C20H24ClN3O3. The SMILES string of the molecule is CC(C)(C)c1ccc(OCCOc2ccc(Cl)cc2/C=N/NC(N)=O)cc1. The number of nitrogens with one attached hydrogen (secondary N) is 1. The lowest BCUT2D eigenvalue weighted by Gasteiger charge is -2.19. The first kappa shape index (κ1) is 20.6. The van der Waals surface area contributed by atoms with Crippen molar-refractivity contribution in [1.82, 2.24) is 5.43 Å². The highest BCUT2D eigenvalue weighted by molar-refractivity contribution is 6.30. The van der Waals surface area contributed by atoms with Gasteiger partial charge in [-0.05, 0) is 41.3 Å². The maximum Gasteiger partial charge on any atom is 0.332 e. The molecule has 0 saturated carbocycles. The number of primary amides is 1. The molecule has 0 aromatic heterocycles. The summed E-state index contributed by atoms with van der Waals surface area (Å²) in [6, 6.07) is 12.4. The highest BCUT2D eigenvalue weighted by Crippen LogP contribution is 2.24. The van der Waals surface area contributed by atoms with Crippen LogP contribution in [0.1, 0.15) is 31.9 Å². The van der Waals surface area contributed by atoms with Gasteiger partial charge in [0.2, 0.25) is 0 Å². The Morgan fingerprint density at radius 3 is 2.44 bits per heavy atom. The van der Waals surface area contributed by atoms with Gasteiger partial charge in [0.25, 0.3) is 0 Å².